The first-order valence-electron chi connectivity index (χ1n) is 11.6. The summed E-state index contributed by atoms with van der Waals surface area (Å²) in [6, 6.07) is 10.4. The van der Waals surface area contributed by atoms with E-state index in [1.165, 1.54) is 6.42 Å². The lowest BCUT2D eigenvalue weighted by Crippen LogP contribution is -2.36. The topological polar surface area (TPSA) is 54.7 Å². The van der Waals surface area contributed by atoms with Gasteiger partial charge in [0.1, 0.15) is 11.5 Å². The quantitative estimate of drug-likeness (QED) is 0.542. The van der Waals surface area contributed by atoms with Crippen LogP contribution in [-0.2, 0) is 13.1 Å². The van der Waals surface area contributed by atoms with Crippen molar-refractivity contribution >= 4 is 22.8 Å². The Bertz CT molecular complexity index is 1240. The number of phenolic OH excluding ortho intramolecular Hbond substituents is 1. The van der Waals surface area contributed by atoms with Crippen LogP contribution in [0.2, 0.25) is 0 Å². The molecule has 0 amide bonds. The first-order valence-corrected chi connectivity index (χ1v) is 11.6. The number of carbonyl (C=O) groups is 1. The van der Waals surface area contributed by atoms with Crippen LogP contribution in [0.5, 0.6) is 11.5 Å². The average molecular weight is 431 g/mol. The molecular formula is C27H30N2O3. The molecule has 0 saturated carbocycles. The third-order valence-electron chi connectivity index (χ3n) is 6.97. The summed E-state index contributed by atoms with van der Waals surface area (Å²) < 4.78 is 8.38. The van der Waals surface area contributed by atoms with E-state index in [-0.39, 0.29) is 11.5 Å². The predicted molar refractivity (Wildman–Crippen MR) is 127 cm³/mol. The van der Waals surface area contributed by atoms with Gasteiger partial charge < -0.3 is 14.4 Å². The van der Waals surface area contributed by atoms with Crippen LogP contribution in [-0.4, -0.2) is 32.9 Å². The third-order valence-corrected chi connectivity index (χ3v) is 6.97. The highest BCUT2D eigenvalue weighted by Gasteiger charge is 2.34. The van der Waals surface area contributed by atoms with Crippen LogP contribution < -0.4 is 4.74 Å². The van der Waals surface area contributed by atoms with Crippen molar-refractivity contribution in [2.75, 3.05) is 6.54 Å². The highest BCUT2D eigenvalue weighted by molar-refractivity contribution is 6.16. The number of phenols is 1. The van der Waals surface area contributed by atoms with Crippen LogP contribution in [0.15, 0.2) is 42.3 Å². The van der Waals surface area contributed by atoms with Gasteiger partial charge >= 0.3 is 0 Å². The molecule has 2 aliphatic rings. The van der Waals surface area contributed by atoms with Gasteiger partial charge in [0.25, 0.3) is 0 Å². The molecule has 2 aliphatic heterocycles. The highest BCUT2D eigenvalue weighted by Crippen LogP contribution is 2.43. The Balaban J connectivity index is 1.55. The fraction of sp³-hybridized carbons (Fsp3) is 0.370. The SMILES string of the molecule is CCn1cc(/C=C2\Oc3c(CN4CCCCC4C)c(O)cc(C)c3C2=O)c2ccccc21. The van der Waals surface area contributed by atoms with Crippen molar-refractivity contribution in [1.29, 1.82) is 0 Å². The second kappa shape index (κ2) is 8.14. The van der Waals surface area contributed by atoms with Crippen molar-refractivity contribution in [2.24, 2.45) is 0 Å². The predicted octanol–water partition coefficient (Wildman–Crippen LogP) is 5.67. The van der Waals surface area contributed by atoms with Crippen LogP contribution in [0.25, 0.3) is 17.0 Å². The highest BCUT2D eigenvalue weighted by atomic mass is 16.5. The fourth-order valence-electron chi connectivity index (χ4n) is 5.12. The van der Waals surface area contributed by atoms with Gasteiger partial charge in [-0.05, 0) is 63.9 Å². The summed E-state index contributed by atoms with van der Waals surface area (Å²) in [7, 11) is 0. The molecule has 0 radical (unpaired) electrons. The Morgan fingerprint density at radius 1 is 1.25 bits per heavy atom. The standard InChI is InChI=1S/C27H30N2O3/c1-4-28-15-19(20-10-5-6-11-22(20)28)14-24-26(31)25-17(2)13-23(30)21(27(25)32-24)16-29-12-8-7-9-18(29)3/h5-6,10-11,13-15,18,30H,4,7-9,12,16H2,1-3H3/b24-14-. The minimum atomic E-state index is -0.112. The van der Waals surface area contributed by atoms with Crippen molar-refractivity contribution in [3.05, 3.63) is 64.5 Å². The van der Waals surface area contributed by atoms with Crippen LogP contribution in [0.3, 0.4) is 0 Å². The van der Waals surface area contributed by atoms with E-state index in [0.717, 1.165) is 48.0 Å². The third kappa shape index (κ3) is 3.41. The lowest BCUT2D eigenvalue weighted by molar-refractivity contribution is 0.101. The summed E-state index contributed by atoms with van der Waals surface area (Å²) in [5.74, 6) is 0.936. The first-order chi connectivity index (χ1) is 15.5. The fourth-order valence-corrected chi connectivity index (χ4v) is 5.12. The second-order valence-corrected chi connectivity index (χ2v) is 9.04. The number of ketones is 1. The molecule has 0 bridgehead atoms. The molecule has 1 aromatic heterocycles. The maximum absolute atomic E-state index is 13.4. The molecule has 3 aromatic rings. The Hall–Kier alpha value is -3.05. The number of aromatic hydroxyl groups is 1. The second-order valence-electron chi connectivity index (χ2n) is 9.04. The largest absolute Gasteiger partial charge is 0.507 e. The number of carbonyl (C=O) groups excluding carboxylic acids is 1. The van der Waals surface area contributed by atoms with E-state index in [4.69, 9.17) is 4.74 Å². The van der Waals surface area contributed by atoms with Crippen LogP contribution in [0.4, 0.5) is 0 Å². The molecule has 1 saturated heterocycles. The smallest absolute Gasteiger partial charge is 0.232 e. The van der Waals surface area contributed by atoms with Gasteiger partial charge in [-0.1, -0.05) is 24.6 Å². The van der Waals surface area contributed by atoms with Crippen molar-refractivity contribution in [3.63, 3.8) is 0 Å². The Kier molecular flexibility index (Phi) is 5.30. The molecule has 5 rings (SSSR count). The summed E-state index contributed by atoms with van der Waals surface area (Å²) in [5, 5.41) is 11.9. The normalized spacial score (nSPS) is 20.2. The van der Waals surface area contributed by atoms with E-state index >= 15 is 0 Å². The molecule has 3 heterocycles. The number of ether oxygens (including phenoxy) is 1. The molecule has 1 fully saturated rings. The van der Waals surface area contributed by atoms with Gasteiger partial charge in [0.2, 0.25) is 5.78 Å². The van der Waals surface area contributed by atoms with Crippen molar-refractivity contribution in [1.82, 2.24) is 9.47 Å². The number of allylic oxidation sites excluding steroid dienone is 1. The van der Waals surface area contributed by atoms with Gasteiger partial charge in [-0.15, -0.1) is 0 Å². The van der Waals surface area contributed by atoms with E-state index in [1.807, 2.05) is 25.1 Å². The summed E-state index contributed by atoms with van der Waals surface area (Å²) in [6.45, 7) is 8.63. The summed E-state index contributed by atoms with van der Waals surface area (Å²) in [4.78, 5) is 15.7. The number of piperidine rings is 1. The van der Waals surface area contributed by atoms with Crippen LogP contribution >= 0.6 is 0 Å². The first kappa shape index (κ1) is 20.8. The number of aryl methyl sites for hydroxylation is 2. The number of benzene rings is 2. The molecule has 0 spiro atoms. The Morgan fingerprint density at radius 2 is 2.06 bits per heavy atom. The molecule has 1 N–H and O–H groups in total. The van der Waals surface area contributed by atoms with Gasteiger partial charge in [0.15, 0.2) is 5.76 Å². The van der Waals surface area contributed by atoms with Crippen LogP contribution in [0.1, 0.15) is 60.2 Å². The van der Waals surface area contributed by atoms with Crippen molar-refractivity contribution in [3.8, 4) is 11.5 Å². The molecule has 2 aromatic carbocycles. The number of hydrogen-bond acceptors (Lipinski definition) is 4. The molecular weight excluding hydrogens is 400 g/mol. The zero-order valence-corrected chi connectivity index (χ0v) is 19.0. The molecule has 0 aliphatic carbocycles. The number of fused-ring (bicyclic) bond motifs is 2. The average Bonchev–Trinajstić information content (AvgIpc) is 3.30. The number of likely N-dealkylation sites (tertiary alicyclic amines) is 1. The number of rotatable bonds is 4. The van der Waals surface area contributed by atoms with Gasteiger partial charge in [0, 0.05) is 41.8 Å². The monoisotopic (exact) mass is 430 g/mol. The van der Waals surface area contributed by atoms with Gasteiger partial charge in [0.05, 0.1) is 11.1 Å². The minimum absolute atomic E-state index is 0.112. The van der Waals surface area contributed by atoms with E-state index in [9.17, 15) is 9.90 Å². The maximum Gasteiger partial charge on any atom is 0.232 e. The van der Waals surface area contributed by atoms with E-state index in [1.54, 1.807) is 6.07 Å². The lowest BCUT2D eigenvalue weighted by Gasteiger charge is -2.33. The number of para-hydroxylation sites is 1. The molecule has 5 nitrogen and oxygen atoms in total. The number of hydrogen-bond donors (Lipinski definition) is 1. The molecule has 32 heavy (non-hydrogen) atoms. The summed E-state index contributed by atoms with van der Waals surface area (Å²) in [6.07, 6.45) is 7.47. The van der Waals surface area contributed by atoms with E-state index in [0.29, 0.717) is 35.2 Å². The van der Waals surface area contributed by atoms with Crippen LogP contribution in [0, 0.1) is 6.92 Å². The zero-order chi connectivity index (χ0) is 22.4. The Labute approximate surface area is 188 Å². The molecule has 1 atom stereocenters. The zero-order valence-electron chi connectivity index (χ0n) is 19.0. The number of Topliss-reactive ketones (excluding diaryl/α,β-unsaturated/α-hetero) is 1. The Morgan fingerprint density at radius 3 is 2.84 bits per heavy atom. The van der Waals surface area contributed by atoms with Crippen molar-refractivity contribution < 1.29 is 14.6 Å². The summed E-state index contributed by atoms with van der Waals surface area (Å²) in [5.41, 5.74) is 4.14. The van der Waals surface area contributed by atoms with Gasteiger partial charge in [-0.2, -0.15) is 0 Å². The molecule has 1 unspecified atom stereocenters. The van der Waals surface area contributed by atoms with Crippen molar-refractivity contribution in [2.45, 2.75) is 59.2 Å². The van der Waals surface area contributed by atoms with E-state index in [2.05, 4.69) is 41.6 Å². The minimum Gasteiger partial charge on any atom is -0.507 e. The van der Waals surface area contributed by atoms with E-state index < -0.39 is 0 Å². The molecule has 166 valence electrons. The number of nitrogens with zero attached hydrogens (tertiary/aromatic N) is 2. The summed E-state index contributed by atoms with van der Waals surface area (Å²) >= 11 is 0. The molecule has 5 heteroatoms. The lowest BCUT2D eigenvalue weighted by atomic mass is 9.97. The van der Waals surface area contributed by atoms with Gasteiger partial charge in [-0.25, -0.2) is 0 Å². The number of aromatic nitrogens is 1. The van der Waals surface area contributed by atoms with Gasteiger partial charge in [-0.3, -0.25) is 9.69 Å². The maximum atomic E-state index is 13.4.